The summed E-state index contributed by atoms with van der Waals surface area (Å²) < 4.78 is 39.2. The van der Waals surface area contributed by atoms with Gasteiger partial charge in [0, 0.05) is 31.8 Å². The van der Waals surface area contributed by atoms with Gasteiger partial charge in [0.15, 0.2) is 0 Å². The number of carbonyl (C=O) groups excluding carboxylic acids is 2. The number of amides is 2. The van der Waals surface area contributed by atoms with E-state index in [2.05, 4.69) is 10.4 Å². The van der Waals surface area contributed by atoms with Crippen molar-refractivity contribution >= 4 is 17.5 Å². The zero-order chi connectivity index (χ0) is 17.5. The first-order valence-electron chi connectivity index (χ1n) is 7.58. The molecule has 2 amide bonds. The number of hydrogen-bond acceptors (Lipinski definition) is 3. The van der Waals surface area contributed by atoms with Gasteiger partial charge < -0.3 is 5.32 Å². The molecular weight excluding hydrogens is 323 g/mol. The van der Waals surface area contributed by atoms with Crippen molar-refractivity contribution in [3.8, 4) is 0 Å². The van der Waals surface area contributed by atoms with Crippen LogP contribution in [0.5, 0.6) is 0 Å². The van der Waals surface area contributed by atoms with Crippen LogP contribution in [0.15, 0.2) is 29.4 Å². The molecule has 0 aromatic heterocycles. The van der Waals surface area contributed by atoms with Crippen molar-refractivity contribution in [1.82, 2.24) is 10.3 Å². The number of alkyl halides is 3. The highest BCUT2D eigenvalue weighted by Crippen LogP contribution is 2.46. The summed E-state index contributed by atoms with van der Waals surface area (Å²) in [5.41, 5.74) is -0.230. The molecule has 0 unspecified atom stereocenters. The van der Waals surface area contributed by atoms with Crippen LogP contribution in [0.3, 0.4) is 0 Å². The Balaban J connectivity index is 1.68. The molecule has 2 aliphatic rings. The van der Waals surface area contributed by atoms with Crippen LogP contribution in [0.4, 0.5) is 13.2 Å². The minimum absolute atomic E-state index is 0.171. The second-order valence-corrected chi connectivity index (χ2v) is 5.97. The fourth-order valence-electron chi connectivity index (χ4n) is 2.86. The maximum absolute atomic E-state index is 13.1. The third-order valence-electron chi connectivity index (χ3n) is 4.24. The number of carbonyl (C=O) groups is 2. The molecule has 1 aromatic rings. The monoisotopic (exact) mass is 339 g/mol. The maximum atomic E-state index is 13.1. The molecule has 1 heterocycles. The van der Waals surface area contributed by atoms with Crippen molar-refractivity contribution in [1.29, 1.82) is 0 Å². The molecule has 1 aliphatic heterocycles. The number of nitrogens with one attached hydrogen (secondary N) is 1. The second kappa shape index (κ2) is 5.92. The minimum Gasteiger partial charge on any atom is -0.348 e. The number of hydrogen-bond donors (Lipinski definition) is 1. The standard InChI is InChI=1S/C16H16F3N3O2/c1-22-14(23)7-6-12(21-22)15(24)20-13-8-10(13)9-4-2-3-5-11(9)16(17,18)19/h2-5,10,13H,6-8H2,1H3,(H,20,24)/t10-,13-/m1/s1. The number of hydrazone groups is 1. The smallest absolute Gasteiger partial charge is 0.348 e. The van der Waals surface area contributed by atoms with E-state index >= 15 is 0 Å². The average Bonchev–Trinajstić information content (AvgIpc) is 3.28. The molecule has 0 radical (unpaired) electrons. The highest BCUT2D eigenvalue weighted by Gasteiger charge is 2.45. The molecule has 1 fully saturated rings. The molecule has 0 saturated heterocycles. The van der Waals surface area contributed by atoms with Crippen molar-refractivity contribution in [3.05, 3.63) is 35.4 Å². The van der Waals surface area contributed by atoms with Gasteiger partial charge in [0.2, 0.25) is 5.91 Å². The molecule has 8 heteroatoms. The molecule has 0 spiro atoms. The molecule has 3 rings (SSSR count). The van der Waals surface area contributed by atoms with E-state index in [1.54, 1.807) is 6.07 Å². The topological polar surface area (TPSA) is 61.8 Å². The Kier molecular flexibility index (Phi) is 4.06. The van der Waals surface area contributed by atoms with Gasteiger partial charge in [-0.05, 0) is 18.1 Å². The van der Waals surface area contributed by atoms with Crippen LogP contribution in [0, 0.1) is 0 Å². The fourth-order valence-corrected chi connectivity index (χ4v) is 2.86. The fraction of sp³-hybridized carbons (Fsp3) is 0.438. The molecule has 1 aromatic carbocycles. The first-order valence-corrected chi connectivity index (χ1v) is 7.58. The van der Waals surface area contributed by atoms with Crippen molar-refractivity contribution in [3.63, 3.8) is 0 Å². The summed E-state index contributed by atoms with van der Waals surface area (Å²) in [6.07, 6.45) is -3.51. The summed E-state index contributed by atoms with van der Waals surface area (Å²) in [7, 11) is 1.47. The molecular formula is C16H16F3N3O2. The SMILES string of the molecule is CN1N=C(C(=O)N[C@@H]2C[C@@H]2c2ccccc2C(F)(F)F)CCC1=O. The third kappa shape index (κ3) is 3.27. The first kappa shape index (κ1) is 16.5. The molecule has 5 nitrogen and oxygen atoms in total. The van der Waals surface area contributed by atoms with Gasteiger partial charge in [-0.2, -0.15) is 18.3 Å². The van der Waals surface area contributed by atoms with E-state index < -0.39 is 17.6 Å². The van der Waals surface area contributed by atoms with E-state index in [0.717, 1.165) is 11.1 Å². The molecule has 2 atom stereocenters. The number of nitrogens with zero attached hydrogens (tertiary/aromatic N) is 2. The maximum Gasteiger partial charge on any atom is 0.416 e. The highest BCUT2D eigenvalue weighted by atomic mass is 19.4. The summed E-state index contributed by atoms with van der Waals surface area (Å²) >= 11 is 0. The van der Waals surface area contributed by atoms with Gasteiger partial charge >= 0.3 is 6.18 Å². The lowest BCUT2D eigenvalue weighted by Crippen LogP contribution is -2.38. The van der Waals surface area contributed by atoms with Crippen LogP contribution in [-0.4, -0.2) is 35.6 Å². The molecule has 0 bridgehead atoms. The van der Waals surface area contributed by atoms with E-state index in [1.807, 2.05) is 0 Å². The minimum atomic E-state index is -4.41. The summed E-state index contributed by atoms with van der Waals surface area (Å²) in [6, 6.07) is 5.08. The van der Waals surface area contributed by atoms with E-state index in [-0.39, 0.29) is 42.0 Å². The molecule has 24 heavy (non-hydrogen) atoms. The summed E-state index contributed by atoms with van der Waals surface area (Å²) in [6.45, 7) is 0. The van der Waals surface area contributed by atoms with Gasteiger partial charge in [0.05, 0.1) is 5.56 Å². The Morgan fingerprint density at radius 2 is 2.00 bits per heavy atom. The van der Waals surface area contributed by atoms with Crippen LogP contribution in [-0.2, 0) is 15.8 Å². The zero-order valence-electron chi connectivity index (χ0n) is 12.9. The normalized spacial score (nSPS) is 23.8. The summed E-state index contributed by atoms with van der Waals surface area (Å²) in [5, 5.41) is 7.73. The lowest BCUT2D eigenvalue weighted by Gasteiger charge is -2.19. The molecule has 1 aliphatic carbocycles. The lowest BCUT2D eigenvalue weighted by molar-refractivity contribution is -0.138. The Hall–Kier alpha value is -2.38. The number of halogens is 3. The Morgan fingerprint density at radius 3 is 2.67 bits per heavy atom. The first-order chi connectivity index (χ1) is 11.3. The zero-order valence-corrected chi connectivity index (χ0v) is 12.9. The molecule has 1 N–H and O–H groups in total. The number of rotatable bonds is 3. The second-order valence-electron chi connectivity index (χ2n) is 5.97. The van der Waals surface area contributed by atoms with E-state index in [0.29, 0.717) is 6.42 Å². The number of benzene rings is 1. The Labute approximate surface area is 136 Å². The Morgan fingerprint density at radius 1 is 1.29 bits per heavy atom. The average molecular weight is 339 g/mol. The van der Waals surface area contributed by atoms with E-state index in [9.17, 15) is 22.8 Å². The predicted octanol–water partition coefficient (Wildman–Crippen LogP) is 2.29. The molecule has 128 valence electrons. The van der Waals surface area contributed by atoms with Gasteiger partial charge in [-0.3, -0.25) is 9.59 Å². The van der Waals surface area contributed by atoms with E-state index in [4.69, 9.17) is 0 Å². The van der Waals surface area contributed by atoms with Crippen LogP contribution in [0.2, 0.25) is 0 Å². The lowest BCUT2D eigenvalue weighted by atomic mass is 10.0. The van der Waals surface area contributed by atoms with Gasteiger partial charge in [-0.1, -0.05) is 18.2 Å². The largest absolute Gasteiger partial charge is 0.416 e. The molecule has 1 saturated carbocycles. The quantitative estimate of drug-likeness (QED) is 0.918. The van der Waals surface area contributed by atoms with Gasteiger partial charge in [0.1, 0.15) is 5.71 Å². The van der Waals surface area contributed by atoms with Gasteiger partial charge in [-0.15, -0.1) is 0 Å². The van der Waals surface area contributed by atoms with Crippen LogP contribution in [0.1, 0.15) is 36.3 Å². The van der Waals surface area contributed by atoms with Gasteiger partial charge in [-0.25, -0.2) is 5.01 Å². The van der Waals surface area contributed by atoms with Crippen molar-refractivity contribution in [2.45, 2.75) is 37.4 Å². The summed E-state index contributed by atoms with van der Waals surface area (Å²) in [4.78, 5) is 23.5. The van der Waals surface area contributed by atoms with E-state index in [1.165, 1.54) is 19.2 Å². The van der Waals surface area contributed by atoms with Crippen molar-refractivity contribution in [2.75, 3.05) is 7.05 Å². The highest BCUT2D eigenvalue weighted by molar-refractivity contribution is 6.39. The van der Waals surface area contributed by atoms with Crippen LogP contribution >= 0.6 is 0 Å². The third-order valence-corrected chi connectivity index (χ3v) is 4.24. The van der Waals surface area contributed by atoms with Crippen LogP contribution < -0.4 is 5.32 Å². The Bertz CT molecular complexity index is 715. The van der Waals surface area contributed by atoms with Gasteiger partial charge in [0.25, 0.3) is 5.91 Å². The van der Waals surface area contributed by atoms with Crippen LogP contribution in [0.25, 0.3) is 0 Å². The van der Waals surface area contributed by atoms with Crippen molar-refractivity contribution < 1.29 is 22.8 Å². The predicted molar refractivity (Wildman–Crippen MR) is 80.2 cm³/mol. The van der Waals surface area contributed by atoms with Crippen molar-refractivity contribution in [2.24, 2.45) is 5.10 Å². The summed E-state index contributed by atoms with van der Waals surface area (Å²) in [5.74, 6) is -0.948.